The molecule has 0 saturated carbocycles. The molecule has 0 radical (unpaired) electrons. The molecule has 1 fully saturated rings. The van der Waals surface area contributed by atoms with Crippen molar-refractivity contribution in [3.8, 4) is 0 Å². The van der Waals surface area contributed by atoms with E-state index in [1.807, 2.05) is 12.1 Å². The predicted octanol–water partition coefficient (Wildman–Crippen LogP) is 2.21. The molecule has 2 heterocycles. The first kappa shape index (κ1) is 15.9. The second kappa shape index (κ2) is 8.72. The van der Waals surface area contributed by atoms with Crippen molar-refractivity contribution in [1.29, 1.82) is 0 Å². The highest BCUT2D eigenvalue weighted by atomic mass is 16.3. The first-order valence-electron chi connectivity index (χ1n) is 8.00. The number of piperidine rings is 1. The van der Waals surface area contributed by atoms with Crippen molar-refractivity contribution in [3.63, 3.8) is 0 Å². The van der Waals surface area contributed by atoms with Gasteiger partial charge in [0.2, 0.25) is 0 Å². The molecular formula is C16H28N4O. The molecule has 118 valence electrons. The molecule has 1 aliphatic heterocycles. The summed E-state index contributed by atoms with van der Waals surface area (Å²) in [6.07, 6.45) is 6.92. The fourth-order valence-corrected chi connectivity index (χ4v) is 2.75. The van der Waals surface area contributed by atoms with Gasteiger partial charge in [-0.2, -0.15) is 0 Å². The number of aliphatic imine (C=N–C) groups is 1. The van der Waals surface area contributed by atoms with Crippen LogP contribution in [0.5, 0.6) is 0 Å². The van der Waals surface area contributed by atoms with Crippen molar-refractivity contribution in [2.24, 2.45) is 4.99 Å². The largest absolute Gasteiger partial charge is 0.467 e. The maximum atomic E-state index is 5.30. The van der Waals surface area contributed by atoms with Crippen LogP contribution in [0.1, 0.15) is 38.4 Å². The SMILES string of the molecule is CN=C(NCC[C@H](C)N1CCCCC1)NCc1ccco1. The number of hydrogen-bond donors (Lipinski definition) is 2. The van der Waals surface area contributed by atoms with E-state index in [2.05, 4.69) is 27.4 Å². The van der Waals surface area contributed by atoms with Crippen LogP contribution in [0.2, 0.25) is 0 Å². The van der Waals surface area contributed by atoms with Crippen molar-refractivity contribution >= 4 is 5.96 Å². The number of hydrogen-bond acceptors (Lipinski definition) is 3. The summed E-state index contributed by atoms with van der Waals surface area (Å²) in [5.41, 5.74) is 0. The van der Waals surface area contributed by atoms with E-state index < -0.39 is 0 Å². The monoisotopic (exact) mass is 292 g/mol. The third kappa shape index (κ3) is 5.42. The highest BCUT2D eigenvalue weighted by Gasteiger charge is 2.16. The van der Waals surface area contributed by atoms with Crippen LogP contribution in [0.25, 0.3) is 0 Å². The first-order chi connectivity index (χ1) is 10.3. The third-order valence-corrected chi connectivity index (χ3v) is 4.10. The number of nitrogens with one attached hydrogen (secondary N) is 2. The minimum atomic E-state index is 0.640. The lowest BCUT2D eigenvalue weighted by Crippen LogP contribution is -2.42. The van der Waals surface area contributed by atoms with E-state index in [4.69, 9.17) is 4.42 Å². The molecule has 0 aromatic carbocycles. The van der Waals surface area contributed by atoms with Crippen molar-refractivity contribution in [2.45, 2.75) is 45.2 Å². The van der Waals surface area contributed by atoms with Gasteiger partial charge in [-0.15, -0.1) is 0 Å². The molecule has 0 spiro atoms. The van der Waals surface area contributed by atoms with Crippen LogP contribution in [0, 0.1) is 0 Å². The second-order valence-corrected chi connectivity index (χ2v) is 5.67. The summed E-state index contributed by atoms with van der Waals surface area (Å²) < 4.78 is 5.30. The molecule has 0 amide bonds. The Balaban J connectivity index is 1.63. The fourth-order valence-electron chi connectivity index (χ4n) is 2.75. The summed E-state index contributed by atoms with van der Waals surface area (Å²) in [5, 5.41) is 6.63. The summed E-state index contributed by atoms with van der Waals surface area (Å²) in [6, 6.07) is 4.49. The zero-order valence-electron chi connectivity index (χ0n) is 13.3. The topological polar surface area (TPSA) is 52.8 Å². The van der Waals surface area contributed by atoms with Crippen molar-refractivity contribution in [1.82, 2.24) is 15.5 Å². The molecular weight excluding hydrogens is 264 g/mol. The van der Waals surface area contributed by atoms with Gasteiger partial charge in [0.1, 0.15) is 5.76 Å². The first-order valence-corrected chi connectivity index (χ1v) is 8.00. The number of likely N-dealkylation sites (tertiary alicyclic amines) is 1. The Morgan fingerprint density at radius 2 is 2.14 bits per heavy atom. The highest BCUT2D eigenvalue weighted by molar-refractivity contribution is 5.79. The molecule has 5 nitrogen and oxygen atoms in total. The molecule has 2 N–H and O–H groups in total. The number of nitrogens with zero attached hydrogens (tertiary/aromatic N) is 2. The fraction of sp³-hybridized carbons (Fsp3) is 0.688. The summed E-state index contributed by atoms with van der Waals surface area (Å²) in [6.45, 7) is 6.44. The molecule has 1 saturated heterocycles. The minimum absolute atomic E-state index is 0.640. The molecule has 21 heavy (non-hydrogen) atoms. The van der Waals surface area contributed by atoms with E-state index in [9.17, 15) is 0 Å². The Kier molecular flexibility index (Phi) is 6.60. The maximum absolute atomic E-state index is 5.30. The average Bonchev–Trinajstić information content (AvgIpc) is 3.04. The van der Waals surface area contributed by atoms with E-state index >= 15 is 0 Å². The summed E-state index contributed by atoms with van der Waals surface area (Å²) in [5.74, 6) is 1.75. The van der Waals surface area contributed by atoms with Gasteiger partial charge in [0.15, 0.2) is 5.96 Å². The Morgan fingerprint density at radius 1 is 1.33 bits per heavy atom. The van der Waals surface area contributed by atoms with Gasteiger partial charge in [-0.3, -0.25) is 4.99 Å². The Labute approximate surface area is 127 Å². The molecule has 0 bridgehead atoms. The smallest absolute Gasteiger partial charge is 0.191 e. The van der Waals surface area contributed by atoms with Crippen LogP contribution in [0.15, 0.2) is 27.8 Å². The van der Waals surface area contributed by atoms with Crippen LogP contribution in [0.4, 0.5) is 0 Å². The lowest BCUT2D eigenvalue weighted by molar-refractivity contribution is 0.167. The normalized spacial score (nSPS) is 18.5. The zero-order chi connectivity index (χ0) is 14.9. The van der Waals surface area contributed by atoms with Gasteiger partial charge >= 0.3 is 0 Å². The number of guanidine groups is 1. The van der Waals surface area contributed by atoms with Gasteiger partial charge in [0.25, 0.3) is 0 Å². The van der Waals surface area contributed by atoms with Gasteiger partial charge in [-0.05, 0) is 51.4 Å². The van der Waals surface area contributed by atoms with Crippen molar-refractivity contribution in [3.05, 3.63) is 24.2 Å². The molecule has 5 heteroatoms. The summed E-state index contributed by atoms with van der Waals surface area (Å²) >= 11 is 0. The molecule has 0 unspecified atom stereocenters. The molecule has 1 aliphatic rings. The molecule has 2 rings (SSSR count). The number of furan rings is 1. The zero-order valence-corrected chi connectivity index (χ0v) is 13.3. The van der Waals surface area contributed by atoms with Crippen molar-refractivity contribution in [2.75, 3.05) is 26.7 Å². The van der Waals surface area contributed by atoms with Crippen LogP contribution in [-0.4, -0.2) is 43.6 Å². The lowest BCUT2D eigenvalue weighted by atomic mass is 10.1. The van der Waals surface area contributed by atoms with Crippen LogP contribution in [0.3, 0.4) is 0 Å². The third-order valence-electron chi connectivity index (χ3n) is 4.10. The summed E-state index contributed by atoms with van der Waals surface area (Å²) in [4.78, 5) is 6.84. The average molecular weight is 292 g/mol. The standard InChI is InChI=1S/C16H28N4O/c1-14(20-10-4-3-5-11-20)8-9-18-16(17-2)19-13-15-7-6-12-21-15/h6-7,12,14H,3-5,8-11,13H2,1-2H3,(H2,17,18,19)/t14-/m0/s1. The predicted molar refractivity (Wildman–Crippen MR) is 86.4 cm³/mol. The second-order valence-electron chi connectivity index (χ2n) is 5.67. The Bertz CT molecular complexity index is 410. The van der Waals surface area contributed by atoms with Crippen LogP contribution in [-0.2, 0) is 6.54 Å². The van der Waals surface area contributed by atoms with E-state index in [-0.39, 0.29) is 0 Å². The van der Waals surface area contributed by atoms with Gasteiger partial charge in [-0.1, -0.05) is 6.42 Å². The minimum Gasteiger partial charge on any atom is -0.467 e. The van der Waals surface area contributed by atoms with Crippen LogP contribution < -0.4 is 10.6 Å². The number of rotatable bonds is 6. The van der Waals surface area contributed by atoms with E-state index in [1.54, 1.807) is 13.3 Å². The van der Waals surface area contributed by atoms with E-state index in [0.717, 1.165) is 24.7 Å². The van der Waals surface area contributed by atoms with Crippen molar-refractivity contribution < 1.29 is 4.42 Å². The molecule has 1 aromatic rings. The Hall–Kier alpha value is -1.49. The highest BCUT2D eigenvalue weighted by Crippen LogP contribution is 2.13. The van der Waals surface area contributed by atoms with Gasteiger partial charge < -0.3 is 20.0 Å². The summed E-state index contributed by atoms with van der Waals surface area (Å²) in [7, 11) is 1.80. The molecule has 1 atom stereocenters. The van der Waals surface area contributed by atoms with Gasteiger partial charge in [-0.25, -0.2) is 0 Å². The van der Waals surface area contributed by atoms with Crippen LogP contribution >= 0.6 is 0 Å². The maximum Gasteiger partial charge on any atom is 0.191 e. The quantitative estimate of drug-likeness (QED) is 0.623. The lowest BCUT2D eigenvalue weighted by Gasteiger charge is -2.32. The molecule has 0 aliphatic carbocycles. The van der Waals surface area contributed by atoms with E-state index in [1.165, 1.54) is 32.4 Å². The Morgan fingerprint density at radius 3 is 2.81 bits per heavy atom. The molecule has 1 aromatic heterocycles. The van der Waals surface area contributed by atoms with E-state index in [0.29, 0.717) is 12.6 Å². The van der Waals surface area contributed by atoms with Gasteiger partial charge in [0, 0.05) is 19.6 Å². The van der Waals surface area contributed by atoms with Gasteiger partial charge in [0.05, 0.1) is 12.8 Å².